The van der Waals surface area contributed by atoms with Gasteiger partial charge in [-0.1, -0.05) is 6.07 Å². The molecule has 1 N–H and O–H groups in total. The van der Waals surface area contributed by atoms with Crippen molar-refractivity contribution in [3.8, 4) is 17.0 Å². The fourth-order valence-electron chi connectivity index (χ4n) is 4.56. The number of benzene rings is 2. The van der Waals surface area contributed by atoms with Crippen molar-refractivity contribution in [2.24, 2.45) is 0 Å². The summed E-state index contributed by atoms with van der Waals surface area (Å²) in [6, 6.07) is 7.84. The van der Waals surface area contributed by atoms with E-state index in [2.05, 4.69) is 15.0 Å². The molecule has 0 bridgehead atoms. The zero-order valence-electron chi connectivity index (χ0n) is 19.8. The Hall–Kier alpha value is -3.89. The van der Waals surface area contributed by atoms with Crippen molar-refractivity contribution in [3.05, 3.63) is 65.9 Å². The number of amides is 1. The Bertz CT molecular complexity index is 1360. The van der Waals surface area contributed by atoms with Gasteiger partial charge in [-0.25, -0.2) is 14.2 Å². The first kappa shape index (κ1) is 24.8. The van der Waals surface area contributed by atoms with Crippen LogP contribution in [-0.2, 0) is 14.9 Å². The summed E-state index contributed by atoms with van der Waals surface area (Å²) in [5, 5.41) is 2.71. The third-order valence-electron chi connectivity index (χ3n) is 6.93. The average molecular weight is 517 g/mol. The summed E-state index contributed by atoms with van der Waals surface area (Å²) >= 11 is 0. The predicted octanol–water partition coefficient (Wildman–Crippen LogP) is 5.77. The van der Waals surface area contributed by atoms with Crippen LogP contribution in [0.3, 0.4) is 0 Å². The maximum absolute atomic E-state index is 14.7. The van der Waals surface area contributed by atoms with Gasteiger partial charge in [-0.2, -0.15) is 0 Å². The van der Waals surface area contributed by atoms with Crippen molar-refractivity contribution in [3.63, 3.8) is 0 Å². The van der Waals surface area contributed by atoms with Gasteiger partial charge in [0, 0.05) is 35.1 Å². The molecule has 2 aliphatic rings. The van der Waals surface area contributed by atoms with Gasteiger partial charge in [-0.15, -0.1) is 13.2 Å². The molecule has 37 heavy (non-hydrogen) atoms. The number of methoxy groups -OCH3 is 1. The number of imidazole rings is 1. The highest BCUT2D eigenvalue weighted by Crippen LogP contribution is 2.50. The van der Waals surface area contributed by atoms with E-state index in [0.717, 1.165) is 31.4 Å². The summed E-state index contributed by atoms with van der Waals surface area (Å²) in [5.41, 5.74) is 0.361. The minimum absolute atomic E-state index is 0.0223. The number of aromatic nitrogens is 2. The smallest absolute Gasteiger partial charge is 0.465 e. The number of hydrogen-bond acceptors (Lipinski definition) is 5. The van der Waals surface area contributed by atoms with Crippen molar-refractivity contribution in [1.82, 2.24) is 9.55 Å². The van der Waals surface area contributed by atoms with E-state index in [9.17, 15) is 27.2 Å². The van der Waals surface area contributed by atoms with Crippen LogP contribution in [0.5, 0.6) is 5.75 Å². The molecule has 11 heteroatoms. The van der Waals surface area contributed by atoms with Gasteiger partial charge in [0.15, 0.2) is 0 Å². The number of rotatable bonds is 7. The molecular weight excluding hydrogens is 494 g/mol. The van der Waals surface area contributed by atoms with Gasteiger partial charge in [0.25, 0.3) is 0 Å². The molecule has 0 radical (unpaired) electrons. The summed E-state index contributed by atoms with van der Waals surface area (Å²) in [7, 11) is 1.25. The lowest BCUT2D eigenvalue weighted by Gasteiger charge is -2.26. The van der Waals surface area contributed by atoms with Crippen LogP contribution in [0.2, 0.25) is 0 Å². The molecule has 1 amide bonds. The molecule has 5 rings (SSSR count). The quantitative estimate of drug-likeness (QED) is 0.318. The summed E-state index contributed by atoms with van der Waals surface area (Å²) in [6.45, 7) is 0. The van der Waals surface area contributed by atoms with E-state index in [0.29, 0.717) is 36.2 Å². The summed E-state index contributed by atoms with van der Waals surface area (Å²) < 4.78 is 62.8. The molecule has 0 atom stereocenters. The van der Waals surface area contributed by atoms with Crippen molar-refractivity contribution in [2.75, 3.05) is 12.4 Å². The summed E-state index contributed by atoms with van der Waals surface area (Å²) in [5.74, 6) is -2.82. The zero-order valence-corrected chi connectivity index (χ0v) is 19.8. The maximum atomic E-state index is 14.7. The van der Waals surface area contributed by atoms with Crippen molar-refractivity contribution in [2.45, 2.75) is 49.9 Å². The van der Waals surface area contributed by atoms with Crippen LogP contribution < -0.4 is 10.1 Å². The van der Waals surface area contributed by atoms with Crippen molar-refractivity contribution >= 4 is 17.6 Å². The monoisotopic (exact) mass is 517 g/mol. The molecule has 0 saturated heterocycles. The number of alkyl halides is 3. The van der Waals surface area contributed by atoms with E-state index in [1.54, 1.807) is 18.5 Å². The normalized spacial score (nSPS) is 16.6. The predicted molar refractivity (Wildman–Crippen MR) is 125 cm³/mol. The number of esters is 1. The molecule has 0 spiro atoms. The molecular formula is C26H23F4N3O4. The van der Waals surface area contributed by atoms with E-state index in [1.807, 2.05) is 10.8 Å². The largest absolute Gasteiger partial charge is 0.573 e. The van der Waals surface area contributed by atoms with Crippen LogP contribution in [0.1, 0.15) is 54.1 Å². The first-order valence-electron chi connectivity index (χ1n) is 11.7. The van der Waals surface area contributed by atoms with Crippen LogP contribution in [0, 0.1) is 5.82 Å². The number of carbonyl (C=O) groups excluding carboxylic acids is 2. The Balaban J connectivity index is 1.38. The number of hydrogen-bond donors (Lipinski definition) is 1. The second-order valence-electron chi connectivity index (χ2n) is 9.27. The molecule has 194 valence electrons. The van der Waals surface area contributed by atoms with Crippen LogP contribution in [-0.4, -0.2) is 34.9 Å². The van der Waals surface area contributed by atoms with Gasteiger partial charge in [-0.3, -0.25) is 4.79 Å². The van der Waals surface area contributed by atoms with Crippen LogP contribution in [0.25, 0.3) is 11.3 Å². The first-order chi connectivity index (χ1) is 17.6. The molecule has 1 aromatic heterocycles. The second kappa shape index (κ2) is 9.20. The molecule has 0 aliphatic heterocycles. The Morgan fingerprint density at radius 3 is 2.49 bits per heavy atom. The molecule has 1 heterocycles. The van der Waals surface area contributed by atoms with Gasteiger partial charge < -0.3 is 19.4 Å². The number of nitrogens with one attached hydrogen (secondary N) is 1. The lowest BCUT2D eigenvalue weighted by atomic mass is 9.93. The number of ether oxygens (including phenoxy) is 2. The van der Waals surface area contributed by atoms with Gasteiger partial charge in [0.1, 0.15) is 11.6 Å². The zero-order chi connectivity index (χ0) is 26.4. The van der Waals surface area contributed by atoms with Crippen LogP contribution in [0.4, 0.5) is 23.2 Å². The third kappa shape index (κ3) is 4.90. The van der Waals surface area contributed by atoms with Crippen molar-refractivity contribution in [1.29, 1.82) is 0 Å². The van der Waals surface area contributed by atoms with Gasteiger partial charge >= 0.3 is 12.3 Å². The fraction of sp³-hybridized carbons (Fsp3) is 0.346. The highest BCUT2D eigenvalue weighted by molar-refractivity contribution is 6.03. The lowest BCUT2D eigenvalue weighted by Crippen LogP contribution is -2.29. The van der Waals surface area contributed by atoms with Crippen LogP contribution in [0.15, 0.2) is 48.9 Å². The minimum atomic E-state index is -4.96. The highest BCUT2D eigenvalue weighted by Gasteiger charge is 2.53. The SMILES string of the molecule is COC(=O)c1cc(NC(=O)C2(c3ccc(OC(F)(F)F)cc3F)CC2)ccc1-c1cn(C2CCC2)cn1. The second-order valence-corrected chi connectivity index (χ2v) is 9.27. The highest BCUT2D eigenvalue weighted by atomic mass is 19.4. The average Bonchev–Trinajstić information content (AvgIpc) is 3.48. The number of nitrogens with zero attached hydrogens (tertiary/aromatic N) is 2. The summed E-state index contributed by atoms with van der Waals surface area (Å²) in [4.78, 5) is 30.1. The number of carbonyl (C=O) groups is 2. The van der Waals surface area contributed by atoms with E-state index in [4.69, 9.17) is 4.74 Å². The minimum Gasteiger partial charge on any atom is -0.465 e. The Morgan fingerprint density at radius 1 is 1.14 bits per heavy atom. The Morgan fingerprint density at radius 2 is 1.89 bits per heavy atom. The van der Waals surface area contributed by atoms with E-state index < -0.39 is 35.2 Å². The molecule has 0 unspecified atom stereocenters. The standard InChI is InChI=1S/C26H23F4N3O4/c1-36-23(34)19-11-15(5-7-18(19)22-13-33(14-31-22)16-3-2-4-16)32-24(35)25(9-10-25)20-8-6-17(12-21(20)27)37-26(28,29)30/h5-8,11-14,16H,2-4,9-10H2,1H3,(H,32,35). The first-order valence-corrected chi connectivity index (χ1v) is 11.7. The molecule has 2 aliphatic carbocycles. The van der Waals surface area contributed by atoms with E-state index >= 15 is 0 Å². The number of halogens is 4. The topological polar surface area (TPSA) is 82.5 Å². The lowest BCUT2D eigenvalue weighted by molar-refractivity contribution is -0.274. The maximum Gasteiger partial charge on any atom is 0.573 e. The van der Waals surface area contributed by atoms with Crippen LogP contribution >= 0.6 is 0 Å². The Kier molecular flexibility index (Phi) is 6.17. The molecule has 3 aromatic rings. The van der Waals surface area contributed by atoms with Gasteiger partial charge in [-0.05, 0) is 56.4 Å². The molecule has 7 nitrogen and oxygen atoms in total. The van der Waals surface area contributed by atoms with Gasteiger partial charge in [0.2, 0.25) is 5.91 Å². The fourth-order valence-corrected chi connectivity index (χ4v) is 4.56. The summed E-state index contributed by atoms with van der Waals surface area (Å²) in [6.07, 6.45) is 2.59. The van der Waals surface area contributed by atoms with E-state index in [-0.39, 0.29) is 16.8 Å². The molecule has 2 aromatic carbocycles. The number of anilines is 1. The molecule has 2 saturated carbocycles. The third-order valence-corrected chi connectivity index (χ3v) is 6.93. The van der Waals surface area contributed by atoms with E-state index in [1.165, 1.54) is 13.2 Å². The Labute approximate surface area is 209 Å². The molecule has 2 fully saturated rings. The van der Waals surface area contributed by atoms with Crippen molar-refractivity contribution < 1.29 is 36.6 Å². The van der Waals surface area contributed by atoms with Gasteiger partial charge in [0.05, 0.1) is 30.1 Å².